The number of hydrogen-bond acceptors (Lipinski definition) is 4. The molecule has 4 rings (SSSR count). The maximum atomic E-state index is 12.5. The molecule has 1 N–H and O–H groups in total. The number of nitrogens with zero attached hydrogens (tertiary/aromatic N) is 2. The molecule has 2 aliphatic rings. The lowest BCUT2D eigenvalue weighted by molar-refractivity contribution is -0.128. The third kappa shape index (κ3) is 5.22. The Morgan fingerprint density at radius 1 is 0.897 bits per heavy atom. The van der Waals surface area contributed by atoms with Crippen molar-refractivity contribution in [1.29, 1.82) is 0 Å². The van der Waals surface area contributed by atoms with E-state index in [2.05, 4.69) is 22.3 Å². The van der Waals surface area contributed by atoms with Crippen molar-refractivity contribution in [3.8, 4) is 0 Å². The van der Waals surface area contributed by atoms with E-state index >= 15 is 0 Å². The topological polar surface area (TPSA) is 61.9 Å². The Kier molecular flexibility index (Phi) is 6.22. The van der Waals surface area contributed by atoms with Crippen molar-refractivity contribution in [2.75, 3.05) is 38.2 Å². The molecule has 2 aliphatic heterocycles. The van der Waals surface area contributed by atoms with Crippen LogP contribution in [0.1, 0.15) is 34.3 Å². The number of amides is 2. The molecule has 2 amide bonds. The van der Waals surface area contributed by atoms with E-state index in [9.17, 15) is 9.59 Å². The van der Waals surface area contributed by atoms with Crippen LogP contribution < -0.4 is 5.32 Å². The maximum absolute atomic E-state index is 12.5. The van der Waals surface area contributed by atoms with Crippen LogP contribution in [0.2, 0.25) is 0 Å². The van der Waals surface area contributed by atoms with Crippen molar-refractivity contribution in [1.82, 2.24) is 9.80 Å². The van der Waals surface area contributed by atoms with Crippen LogP contribution in [0.5, 0.6) is 0 Å². The quantitative estimate of drug-likeness (QED) is 0.820. The molecular formula is C23H27N3O3. The van der Waals surface area contributed by atoms with Crippen LogP contribution in [0.15, 0.2) is 48.5 Å². The number of carbonyl (C=O) groups excluding carboxylic acids is 2. The molecule has 2 heterocycles. The summed E-state index contributed by atoms with van der Waals surface area (Å²) in [5.74, 6) is 0.0821. The Hall–Kier alpha value is -2.70. The lowest BCUT2D eigenvalue weighted by Crippen LogP contribution is -2.35. The largest absolute Gasteiger partial charge is 0.379 e. The number of ether oxygens (including phenoxy) is 1. The summed E-state index contributed by atoms with van der Waals surface area (Å²) in [5, 5.41) is 2.95. The van der Waals surface area contributed by atoms with Crippen molar-refractivity contribution in [2.24, 2.45) is 0 Å². The lowest BCUT2D eigenvalue weighted by atomic mass is 10.1. The average Bonchev–Trinajstić information content (AvgIpc) is 3.15. The number of carbonyl (C=O) groups is 2. The monoisotopic (exact) mass is 393 g/mol. The van der Waals surface area contributed by atoms with Gasteiger partial charge in [0.15, 0.2) is 0 Å². The molecule has 0 bridgehead atoms. The van der Waals surface area contributed by atoms with E-state index < -0.39 is 0 Å². The van der Waals surface area contributed by atoms with E-state index in [1.807, 2.05) is 41.3 Å². The number of nitrogens with one attached hydrogen (secondary N) is 1. The van der Waals surface area contributed by atoms with Gasteiger partial charge >= 0.3 is 0 Å². The Labute approximate surface area is 171 Å². The average molecular weight is 393 g/mol. The molecule has 0 spiro atoms. The van der Waals surface area contributed by atoms with Gasteiger partial charge in [-0.25, -0.2) is 0 Å². The van der Waals surface area contributed by atoms with E-state index in [0.717, 1.165) is 57.1 Å². The predicted octanol–water partition coefficient (Wildman–Crippen LogP) is 2.89. The highest BCUT2D eigenvalue weighted by atomic mass is 16.5. The van der Waals surface area contributed by atoms with E-state index in [1.165, 1.54) is 5.56 Å². The van der Waals surface area contributed by atoms with Gasteiger partial charge in [0, 0.05) is 50.4 Å². The highest BCUT2D eigenvalue weighted by molar-refractivity contribution is 6.04. The van der Waals surface area contributed by atoms with Gasteiger partial charge in [-0.05, 0) is 41.8 Å². The van der Waals surface area contributed by atoms with Gasteiger partial charge in [0.1, 0.15) is 0 Å². The maximum Gasteiger partial charge on any atom is 0.255 e. The van der Waals surface area contributed by atoms with Crippen molar-refractivity contribution in [3.05, 3.63) is 65.2 Å². The second-order valence-corrected chi connectivity index (χ2v) is 7.66. The molecule has 0 aromatic heterocycles. The molecule has 6 heteroatoms. The zero-order chi connectivity index (χ0) is 20.1. The second kappa shape index (κ2) is 9.20. The number of morpholine rings is 1. The fraction of sp³-hybridized carbons (Fsp3) is 0.391. The zero-order valence-corrected chi connectivity index (χ0v) is 16.6. The molecule has 0 atom stereocenters. The number of rotatable bonds is 6. The molecular weight excluding hydrogens is 366 g/mol. The summed E-state index contributed by atoms with van der Waals surface area (Å²) in [6, 6.07) is 15.5. The van der Waals surface area contributed by atoms with Gasteiger partial charge < -0.3 is 15.0 Å². The van der Waals surface area contributed by atoms with Gasteiger partial charge in [0.05, 0.1) is 13.2 Å². The van der Waals surface area contributed by atoms with E-state index in [4.69, 9.17) is 4.74 Å². The zero-order valence-electron chi connectivity index (χ0n) is 16.6. The first kappa shape index (κ1) is 19.6. The molecule has 29 heavy (non-hydrogen) atoms. The molecule has 0 saturated carbocycles. The van der Waals surface area contributed by atoms with Crippen molar-refractivity contribution in [3.63, 3.8) is 0 Å². The smallest absolute Gasteiger partial charge is 0.255 e. The highest BCUT2D eigenvalue weighted by Gasteiger charge is 2.20. The van der Waals surface area contributed by atoms with Gasteiger partial charge in [0.2, 0.25) is 5.91 Å². The molecule has 2 aromatic rings. The minimum atomic E-state index is -0.130. The fourth-order valence-corrected chi connectivity index (χ4v) is 3.77. The van der Waals surface area contributed by atoms with Gasteiger partial charge in [-0.1, -0.05) is 24.3 Å². The summed E-state index contributed by atoms with van der Waals surface area (Å²) in [5.41, 5.74) is 3.67. The van der Waals surface area contributed by atoms with Crippen LogP contribution >= 0.6 is 0 Å². The molecule has 2 saturated heterocycles. The van der Waals surface area contributed by atoms with Crippen molar-refractivity contribution in [2.45, 2.75) is 25.9 Å². The molecule has 2 fully saturated rings. The minimum absolute atomic E-state index is 0.130. The van der Waals surface area contributed by atoms with Crippen LogP contribution in [0, 0.1) is 0 Å². The first-order valence-electron chi connectivity index (χ1n) is 10.2. The van der Waals surface area contributed by atoms with Gasteiger partial charge in [0.25, 0.3) is 5.91 Å². The van der Waals surface area contributed by atoms with E-state index in [-0.39, 0.29) is 11.8 Å². The number of anilines is 1. The molecule has 0 aliphatic carbocycles. The summed E-state index contributed by atoms with van der Waals surface area (Å²) in [6.45, 7) is 5.84. The van der Waals surface area contributed by atoms with E-state index in [1.54, 1.807) is 0 Å². The molecule has 152 valence electrons. The van der Waals surface area contributed by atoms with Crippen molar-refractivity contribution >= 4 is 17.5 Å². The summed E-state index contributed by atoms with van der Waals surface area (Å²) in [4.78, 5) is 28.5. The minimum Gasteiger partial charge on any atom is -0.379 e. The Morgan fingerprint density at radius 2 is 1.55 bits per heavy atom. The summed E-state index contributed by atoms with van der Waals surface area (Å²) in [7, 11) is 0. The third-order valence-electron chi connectivity index (χ3n) is 5.48. The van der Waals surface area contributed by atoms with Gasteiger partial charge in [-0.2, -0.15) is 0 Å². The Bertz CT molecular complexity index is 843. The SMILES string of the molecule is O=C(Nc1ccc(CN2CCOCC2)cc1)c1ccc(CN2CCCC2=O)cc1. The molecule has 0 radical (unpaired) electrons. The van der Waals surface area contributed by atoms with Gasteiger partial charge in [-0.3, -0.25) is 14.5 Å². The predicted molar refractivity (Wildman–Crippen MR) is 112 cm³/mol. The number of benzene rings is 2. The fourth-order valence-electron chi connectivity index (χ4n) is 3.77. The lowest BCUT2D eigenvalue weighted by Gasteiger charge is -2.26. The molecule has 2 aromatic carbocycles. The highest BCUT2D eigenvalue weighted by Crippen LogP contribution is 2.16. The molecule has 6 nitrogen and oxygen atoms in total. The Balaban J connectivity index is 1.30. The van der Waals surface area contributed by atoms with Crippen LogP contribution in [-0.2, 0) is 22.6 Å². The summed E-state index contributed by atoms with van der Waals surface area (Å²) < 4.78 is 5.38. The second-order valence-electron chi connectivity index (χ2n) is 7.66. The van der Waals surface area contributed by atoms with Crippen molar-refractivity contribution < 1.29 is 14.3 Å². The first-order chi connectivity index (χ1) is 14.2. The number of likely N-dealkylation sites (tertiary alicyclic amines) is 1. The normalized spacial score (nSPS) is 17.5. The first-order valence-corrected chi connectivity index (χ1v) is 10.2. The Morgan fingerprint density at radius 3 is 2.21 bits per heavy atom. The van der Waals surface area contributed by atoms with Crippen LogP contribution in [0.3, 0.4) is 0 Å². The number of hydrogen-bond donors (Lipinski definition) is 1. The summed E-state index contributed by atoms with van der Waals surface area (Å²) >= 11 is 0. The third-order valence-corrected chi connectivity index (χ3v) is 5.48. The van der Waals surface area contributed by atoms with E-state index in [0.29, 0.717) is 18.5 Å². The summed E-state index contributed by atoms with van der Waals surface area (Å²) in [6.07, 6.45) is 1.58. The van der Waals surface area contributed by atoms with Gasteiger partial charge in [-0.15, -0.1) is 0 Å². The van der Waals surface area contributed by atoms with Crippen LogP contribution in [0.25, 0.3) is 0 Å². The van der Waals surface area contributed by atoms with Crippen LogP contribution in [0.4, 0.5) is 5.69 Å². The molecule has 0 unspecified atom stereocenters. The standard InChI is InChI=1S/C23H27N3O3/c27-22-2-1-11-26(22)17-19-3-7-20(8-4-19)23(28)24-21-9-5-18(6-10-21)16-25-12-14-29-15-13-25/h3-10H,1-2,11-17H2,(H,24,28). The van der Waals surface area contributed by atoms with Crippen LogP contribution in [-0.4, -0.2) is 54.5 Å².